The summed E-state index contributed by atoms with van der Waals surface area (Å²) in [4.78, 5) is 25.2. The second-order valence-corrected chi connectivity index (χ2v) is 13.2. The molecule has 0 spiro atoms. The van der Waals surface area contributed by atoms with Crippen molar-refractivity contribution < 1.29 is 27.5 Å². The first-order valence-corrected chi connectivity index (χ1v) is 14.7. The Morgan fingerprint density at radius 2 is 1.64 bits per heavy atom. The van der Waals surface area contributed by atoms with Gasteiger partial charge in [-0.3, -0.25) is 9.59 Å². The van der Waals surface area contributed by atoms with E-state index in [-0.39, 0.29) is 34.0 Å². The van der Waals surface area contributed by atoms with Crippen LogP contribution in [0, 0.1) is 11.3 Å². The Morgan fingerprint density at radius 3 is 2.28 bits per heavy atom. The molecule has 0 unspecified atom stereocenters. The number of benzene rings is 3. The third-order valence-electron chi connectivity index (χ3n) is 6.35. The predicted octanol–water partition coefficient (Wildman–Crippen LogP) is 6.07. The van der Waals surface area contributed by atoms with Gasteiger partial charge in [0.05, 0.1) is 7.11 Å². The van der Waals surface area contributed by atoms with Crippen LogP contribution in [0.5, 0.6) is 17.2 Å². The van der Waals surface area contributed by atoms with Crippen molar-refractivity contribution in [2.75, 3.05) is 19.4 Å². The Morgan fingerprint density at radius 1 is 0.923 bits per heavy atom. The molecule has 8 heteroatoms. The van der Waals surface area contributed by atoms with Gasteiger partial charge in [0, 0.05) is 18.5 Å². The molecule has 1 aliphatic carbocycles. The number of Topliss-reactive ketones (excluding diaryl/α,β-unsaturated/α-hetero) is 1. The molecule has 206 valence electrons. The monoisotopic (exact) mass is 549 g/mol. The number of ketones is 1. The van der Waals surface area contributed by atoms with Crippen LogP contribution in [-0.2, 0) is 14.6 Å². The maximum Gasteiger partial charge on any atom is 0.251 e. The molecule has 0 saturated heterocycles. The number of sulfone groups is 1. The molecule has 0 aromatic heterocycles. The average Bonchev–Trinajstić information content (AvgIpc) is 3.71. The highest BCUT2D eigenvalue weighted by atomic mass is 32.2. The SMILES string of the molecule is COc1ccc(-c2cccc(Oc3ccc(C(=O)NCC4CC4)cc3S(=O)(=O)CC(=O)CC(C)(C)C)c2)cc1. The lowest BCUT2D eigenvalue weighted by atomic mass is 9.90. The minimum absolute atomic E-state index is 0.0594. The van der Waals surface area contributed by atoms with Crippen LogP contribution in [0.3, 0.4) is 0 Å². The molecule has 1 fully saturated rings. The van der Waals surface area contributed by atoms with Gasteiger partial charge in [0.1, 0.15) is 33.7 Å². The third kappa shape index (κ3) is 7.93. The molecule has 1 aliphatic rings. The van der Waals surface area contributed by atoms with Gasteiger partial charge in [-0.2, -0.15) is 0 Å². The Balaban J connectivity index is 1.65. The lowest BCUT2D eigenvalue weighted by molar-refractivity contribution is -0.118. The van der Waals surface area contributed by atoms with Crippen molar-refractivity contribution in [3.8, 4) is 28.4 Å². The molecule has 39 heavy (non-hydrogen) atoms. The summed E-state index contributed by atoms with van der Waals surface area (Å²) in [5, 5.41) is 2.86. The average molecular weight is 550 g/mol. The summed E-state index contributed by atoms with van der Waals surface area (Å²) in [7, 11) is -2.49. The molecule has 7 nitrogen and oxygen atoms in total. The summed E-state index contributed by atoms with van der Waals surface area (Å²) in [6.07, 6.45) is 2.28. The fourth-order valence-corrected chi connectivity index (χ4v) is 5.62. The number of carbonyl (C=O) groups excluding carboxylic acids is 2. The van der Waals surface area contributed by atoms with Gasteiger partial charge in [0.25, 0.3) is 5.91 Å². The molecule has 0 heterocycles. The molecular weight excluding hydrogens is 514 g/mol. The molecule has 0 bridgehead atoms. The minimum atomic E-state index is -4.10. The predicted molar refractivity (Wildman–Crippen MR) is 151 cm³/mol. The number of rotatable bonds is 11. The van der Waals surface area contributed by atoms with Crippen molar-refractivity contribution in [2.45, 2.75) is 44.9 Å². The van der Waals surface area contributed by atoms with Gasteiger partial charge in [-0.1, -0.05) is 45.0 Å². The van der Waals surface area contributed by atoms with Crippen molar-refractivity contribution >= 4 is 21.5 Å². The number of methoxy groups -OCH3 is 1. The normalized spacial score (nSPS) is 13.5. The van der Waals surface area contributed by atoms with E-state index in [1.807, 2.05) is 57.2 Å². The van der Waals surface area contributed by atoms with Crippen LogP contribution in [0.1, 0.15) is 50.4 Å². The van der Waals surface area contributed by atoms with Gasteiger partial charge in [0.2, 0.25) is 0 Å². The molecule has 0 atom stereocenters. The van der Waals surface area contributed by atoms with Crippen LogP contribution in [0.15, 0.2) is 71.6 Å². The number of carbonyl (C=O) groups is 2. The number of amides is 1. The number of nitrogens with one attached hydrogen (secondary N) is 1. The second kappa shape index (κ2) is 11.6. The lowest BCUT2D eigenvalue weighted by Gasteiger charge is -2.18. The Labute approximate surface area is 230 Å². The Kier molecular flexibility index (Phi) is 8.45. The van der Waals surface area contributed by atoms with E-state index in [9.17, 15) is 18.0 Å². The maximum absolute atomic E-state index is 13.5. The molecule has 3 aromatic carbocycles. The first-order chi connectivity index (χ1) is 18.4. The molecule has 1 saturated carbocycles. The summed E-state index contributed by atoms with van der Waals surface area (Å²) in [5.41, 5.74) is 1.66. The van der Waals surface area contributed by atoms with Crippen molar-refractivity contribution in [3.05, 3.63) is 72.3 Å². The molecular formula is C31H35NO6S. The number of hydrogen-bond donors (Lipinski definition) is 1. The third-order valence-corrected chi connectivity index (χ3v) is 8.04. The van der Waals surface area contributed by atoms with Gasteiger partial charge in [0.15, 0.2) is 9.84 Å². The highest BCUT2D eigenvalue weighted by molar-refractivity contribution is 7.92. The summed E-state index contributed by atoms with van der Waals surface area (Å²) in [6, 6.07) is 19.2. The topological polar surface area (TPSA) is 98.8 Å². The summed E-state index contributed by atoms with van der Waals surface area (Å²) in [6.45, 7) is 6.20. The zero-order valence-electron chi connectivity index (χ0n) is 22.8. The van der Waals surface area contributed by atoms with Gasteiger partial charge in [-0.25, -0.2) is 8.42 Å². The standard InChI is InChI=1S/C31H35NO6S/c1-31(2,3)18-25(33)20-39(35,36)29-17-24(30(34)32-19-21-8-9-21)12-15-28(29)38-27-7-5-6-23(16-27)22-10-13-26(37-4)14-11-22/h5-7,10-17,21H,8-9,18-20H2,1-4H3,(H,32,34). The lowest BCUT2D eigenvalue weighted by Crippen LogP contribution is -2.26. The molecule has 1 N–H and O–H groups in total. The van der Waals surface area contributed by atoms with Gasteiger partial charge >= 0.3 is 0 Å². The van der Waals surface area contributed by atoms with Crippen LogP contribution in [0.25, 0.3) is 11.1 Å². The number of hydrogen-bond acceptors (Lipinski definition) is 6. The quantitative estimate of drug-likeness (QED) is 0.312. The van der Waals surface area contributed by atoms with Gasteiger partial charge < -0.3 is 14.8 Å². The van der Waals surface area contributed by atoms with E-state index in [2.05, 4.69) is 5.32 Å². The smallest absolute Gasteiger partial charge is 0.251 e. The zero-order valence-corrected chi connectivity index (χ0v) is 23.6. The van der Waals surface area contributed by atoms with Crippen LogP contribution in [-0.4, -0.2) is 39.5 Å². The van der Waals surface area contributed by atoms with Crippen molar-refractivity contribution in [3.63, 3.8) is 0 Å². The molecule has 3 aromatic rings. The van der Waals surface area contributed by atoms with E-state index < -0.39 is 21.4 Å². The van der Waals surface area contributed by atoms with E-state index in [0.29, 0.717) is 18.2 Å². The first-order valence-electron chi connectivity index (χ1n) is 13.0. The van der Waals surface area contributed by atoms with Gasteiger partial charge in [-0.15, -0.1) is 0 Å². The van der Waals surface area contributed by atoms with Crippen molar-refractivity contribution in [1.29, 1.82) is 0 Å². The fraction of sp³-hybridized carbons (Fsp3) is 0.355. The van der Waals surface area contributed by atoms with Crippen LogP contribution >= 0.6 is 0 Å². The molecule has 1 amide bonds. The second-order valence-electron chi connectivity index (χ2n) is 11.2. The van der Waals surface area contributed by atoms with Crippen molar-refractivity contribution in [1.82, 2.24) is 5.32 Å². The van der Waals surface area contributed by atoms with Crippen LogP contribution in [0.4, 0.5) is 0 Å². The highest BCUT2D eigenvalue weighted by Gasteiger charge is 2.28. The van der Waals surface area contributed by atoms with E-state index in [1.54, 1.807) is 25.3 Å². The van der Waals surface area contributed by atoms with E-state index in [1.165, 1.54) is 12.1 Å². The summed E-state index contributed by atoms with van der Waals surface area (Å²) in [5.74, 6) is 0.289. The van der Waals surface area contributed by atoms with E-state index >= 15 is 0 Å². The van der Waals surface area contributed by atoms with Crippen LogP contribution in [0.2, 0.25) is 0 Å². The van der Waals surface area contributed by atoms with E-state index in [4.69, 9.17) is 9.47 Å². The Bertz CT molecular complexity index is 1450. The van der Waals surface area contributed by atoms with Gasteiger partial charge in [-0.05, 0) is 77.8 Å². The van der Waals surface area contributed by atoms with E-state index in [0.717, 1.165) is 29.7 Å². The summed E-state index contributed by atoms with van der Waals surface area (Å²) < 4.78 is 38.3. The highest BCUT2D eigenvalue weighted by Crippen LogP contribution is 2.34. The molecule has 4 rings (SSSR count). The summed E-state index contributed by atoms with van der Waals surface area (Å²) >= 11 is 0. The Hall–Kier alpha value is -3.65. The number of ether oxygens (including phenoxy) is 2. The van der Waals surface area contributed by atoms with Crippen molar-refractivity contribution in [2.24, 2.45) is 11.3 Å². The fourth-order valence-electron chi connectivity index (χ4n) is 4.22. The van der Waals surface area contributed by atoms with Crippen LogP contribution < -0.4 is 14.8 Å². The molecule has 0 aliphatic heterocycles. The largest absolute Gasteiger partial charge is 0.497 e. The zero-order chi connectivity index (χ0) is 28.2. The minimum Gasteiger partial charge on any atom is -0.497 e. The molecule has 0 radical (unpaired) electrons. The first kappa shape index (κ1) is 28.4. The maximum atomic E-state index is 13.5.